The van der Waals surface area contributed by atoms with Crippen molar-refractivity contribution in [1.29, 1.82) is 0 Å². The lowest BCUT2D eigenvalue weighted by molar-refractivity contribution is 0.726. The van der Waals surface area contributed by atoms with Crippen LogP contribution in [0.25, 0.3) is 0 Å². The Labute approximate surface area is 100 Å². The van der Waals surface area contributed by atoms with E-state index in [-0.39, 0.29) is 0 Å². The van der Waals surface area contributed by atoms with Crippen molar-refractivity contribution in [2.75, 3.05) is 5.75 Å². The van der Waals surface area contributed by atoms with Crippen LogP contribution in [0.5, 0.6) is 0 Å². The van der Waals surface area contributed by atoms with Crippen molar-refractivity contribution < 1.29 is 0 Å². The molecule has 0 spiro atoms. The third kappa shape index (κ3) is 2.50. The van der Waals surface area contributed by atoms with E-state index in [1.165, 1.54) is 16.3 Å². The quantitative estimate of drug-likeness (QED) is 0.760. The largest absolute Gasteiger partial charge is 0.348 e. The van der Waals surface area contributed by atoms with Crippen LogP contribution in [-0.4, -0.2) is 20.1 Å². The lowest BCUT2D eigenvalue weighted by atomic mass is 10.5. The van der Waals surface area contributed by atoms with E-state index in [0.29, 0.717) is 0 Å². The molecule has 16 heavy (non-hydrogen) atoms. The Hall–Kier alpha value is -1.16. The van der Waals surface area contributed by atoms with Gasteiger partial charge in [-0.1, -0.05) is 0 Å². The van der Waals surface area contributed by atoms with Crippen molar-refractivity contribution in [1.82, 2.24) is 14.3 Å². The second-order valence-electron chi connectivity index (χ2n) is 3.97. The molecule has 0 aliphatic rings. The maximum Gasteiger partial charge on any atom is 0.0625 e. The Balaban J connectivity index is 1.89. The average molecular weight is 235 g/mol. The highest BCUT2D eigenvalue weighted by Crippen LogP contribution is 2.17. The summed E-state index contributed by atoms with van der Waals surface area (Å²) >= 11 is 1.85. The highest BCUT2D eigenvalue weighted by atomic mass is 32.2. The van der Waals surface area contributed by atoms with E-state index >= 15 is 0 Å². The SMILES string of the molecule is Cc1ccc(C)n1CCSc1cnn(C)c1. The summed E-state index contributed by atoms with van der Waals surface area (Å²) in [5.41, 5.74) is 2.67. The van der Waals surface area contributed by atoms with E-state index < -0.39 is 0 Å². The lowest BCUT2D eigenvalue weighted by Gasteiger charge is -2.07. The molecule has 0 saturated carbocycles. The molecule has 0 unspecified atom stereocenters. The summed E-state index contributed by atoms with van der Waals surface area (Å²) in [6.45, 7) is 5.37. The average Bonchev–Trinajstić information content (AvgIpc) is 2.78. The molecule has 2 aromatic heterocycles. The van der Waals surface area contributed by atoms with Gasteiger partial charge in [0.2, 0.25) is 0 Å². The van der Waals surface area contributed by atoms with Crippen molar-refractivity contribution in [3.05, 3.63) is 35.9 Å². The molecule has 0 atom stereocenters. The third-order valence-corrected chi connectivity index (χ3v) is 3.61. The molecule has 0 saturated heterocycles. The van der Waals surface area contributed by atoms with Crippen LogP contribution in [0.1, 0.15) is 11.4 Å². The summed E-state index contributed by atoms with van der Waals surface area (Å²) in [6, 6.07) is 4.34. The van der Waals surface area contributed by atoms with Crippen LogP contribution in [0, 0.1) is 13.8 Å². The molecule has 0 aliphatic heterocycles. The molecule has 2 aromatic rings. The molecule has 86 valence electrons. The van der Waals surface area contributed by atoms with E-state index in [1.54, 1.807) is 0 Å². The summed E-state index contributed by atoms with van der Waals surface area (Å²) in [5, 5.41) is 4.16. The zero-order valence-electron chi connectivity index (χ0n) is 9.97. The Morgan fingerprint density at radius 3 is 2.50 bits per heavy atom. The van der Waals surface area contributed by atoms with E-state index in [0.717, 1.165) is 12.3 Å². The number of aryl methyl sites for hydroxylation is 3. The number of hydrogen-bond donors (Lipinski definition) is 0. The normalized spacial score (nSPS) is 10.9. The van der Waals surface area contributed by atoms with E-state index in [2.05, 4.69) is 41.8 Å². The first kappa shape index (κ1) is 11.3. The number of thioether (sulfide) groups is 1. The van der Waals surface area contributed by atoms with Gasteiger partial charge < -0.3 is 4.57 Å². The van der Waals surface area contributed by atoms with Gasteiger partial charge in [-0.15, -0.1) is 11.8 Å². The fraction of sp³-hybridized carbons (Fsp3) is 0.417. The summed E-state index contributed by atoms with van der Waals surface area (Å²) in [5.74, 6) is 1.09. The van der Waals surface area contributed by atoms with Gasteiger partial charge in [-0.2, -0.15) is 5.10 Å². The first-order chi connectivity index (χ1) is 7.66. The molecule has 2 rings (SSSR count). The molecule has 0 bridgehead atoms. The van der Waals surface area contributed by atoms with Gasteiger partial charge >= 0.3 is 0 Å². The second kappa shape index (κ2) is 4.78. The first-order valence-corrected chi connectivity index (χ1v) is 6.39. The molecule has 0 radical (unpaired) electrons. The van der Waals surface area contributed by atoms with Gasteiger partial charge in [-0.25, -0.2) is 0 Å². The van der Waals surface area contributed by atoms with E-state index in [9.17, 15) is 0 Å². The maximum atomic E-state index is 4.16. The van der Waals surface area contributed by atoms with Crippen molar-refractivity contribution >= 4 is 11.8 Å². The smallest absolute Gasteiger partial charge is 0.0625 e. The summed E-state index contributed by atoms with van der Waals surface area (Å²) in [6.07, 6.45) is 3.97. The zero-order valence-corrected chi connectivity index (χ0v) is 10.8. The fourth-order valence-corrected chi connectivity index (χ4v) is 2.64. The number of rotatable bonds is 4. The monoisotopic (exact) mass is 235 g/mol. The zero-order chi connectivity index (χ0) is 11.5. The van der Waals surface area contributed by atoms with Crippen molar-refractivity contribution in [3.8, 4) is 0 Å². The van der Waals surface area contributed by atoms with Gasteiger partial charge in [-0.3, -0.25) is 4.68 Å². The highest BCUT2D eigenvalue weighted by molar-refractivity contribution is 7.99. The van der Waals surface area contributed by atoms with E-state index in [1.807, 2.05) is 29.7 Å². The summed E-state index contributed by atoms with van der Waals surface area (Å²) in [4.78, 5) is 1.24. The Bertz CT molecular complexity index is 451. The lowest BCUT2D eigenvalue weighted by Crippen LogP contribution is -2.03. The molecule has 0 N–H and O–H groups in total. The van der Waals surface area contributed by atoms with Gasteiger partial charge in [0.15, 0.2) is 0 Å². The topological polar surface area (TPSA) is 22.8 Å². The van der Waals surface area contributed by atoms with Crippen molar-refractivity contribution in [2.24, 2.45) is 7.05 Å². The molecular formula is C12H17N3S. The molecule has 0 fully saturated rings. The number of aromatic nitrogens is 3. The molecule has 0 aromatic carbocycles. The molecule has 2 heterocycles. The van der Waals surface area contributed by atoms with Crippen LogP contribution < -0.4 is 0 Å². The minimum Gasteiger partial charge on any atom is -0.348 e. The van der Waals surface area contributed by atoms with Crippen LogP contribution in [0.2, 0.25) is 0 Å². The number of hydrogen-bond acceptors (Lipinski definition) is 2. The standard InChI is InChI=1S/C12H17N3S/c1-10-4-5-11(2)15(10)6-7-16-12-8-13-14(3)9-12/h4-5,8-9H,6-7H2,1-3H3. The number of nitrogens with zero attached hydrogens (tertiary/aromatic N) is 3. The molecule has 0 aliphatic carbocycles. The maximum absolute atomic E-state index is 4.16. The van der Waals surface area contributed by atoms with Gasteiger partial charge in [-0.05, 0) is 26.0 Å². The minimum atomic E-state index is 1.06. The van der Waals surface area contributed by atoms with Gasteiger partial charge in [0, 0.05) is 41.8 Å². The highest BCUT2D eigenvalue weighted by Gasteiger charge is 2.01. The second-order valence-corrected chi connectivity index (χ2v) is 5.13. The van der Waals surface area contributed by atoms with Crippen LogP contribution in [0.3, 0.4) is 0 Å². The Morgan fingerprint density at radius 1 is 1.25 bits per heavy atom. The van der Waals surface area contributed by atoms with Crippen LogP contribution in [0.4, 0.5) is 0 Å². The predicted octanol–water partition coefficient (Wildman–Crippen LogP) is 2.63. The van der Waals surface area contributed by atoms with Crippen LogP contribution in [-0.2, 0) is 13.6 Å². The first-order valence-electron chi connectivity index (χ1n) is 5.41. The van der Waals surface area contributed by atoms with Crippen LogP contribution >= 0.6 is 11.8 Å². The summed E-state index contributed by atoms with van der Waals surface area (Å²) < 4.78 is 4.19. The minimum absolute atomic E-state index is 1.06. The van der Waals surface area contributed by atoms with Crippen LogP contribution in [0.15, 0.2) is 29.4 Å². The van der Waals surface area contributed by atoms with Crippen molar-refractivity contribution in [3.63, 3.8) is 0 Å². The van der Waals surface area contributed by atoms with Gasteiger partial charge in [0.1, 0.15) is 0 Å². The van der Waals surface area contributed by atoms with E-state index in [4.69, 9.17) is 0 Å². The third-order valence-electron chi connectivity index (χ3n) is 2.68. The Morgan fingerprint density at radius 2 is 1.94 bits per heavy atom. The molecule has 3 nitrogen and oxygen atoms in total. The molecule has 4 heteroatoms. The van der Waals surface area contributed by atoms with Gasteiger partial charge in [0.05, 0.1) is 6.20 Å². The predicted molar refractivity (Wildman–Crippen MR) is 67.8 cm³/mol. The van der Waals surface area contributed by atoms with Crippen molar-refractivity contribution in [2.45, 2.75) is 25.3 Å². The molecular weight excluding hydrogens is 218 g/mol. The fourth-order valence-electron chi connectivity index (χ4n) is 1.78. The Kier molecular flexibility index (Phi) is 3.39. The summed E-state index contributed by atoms with van der Waals surface area (Å²) in [7, 11) is 1.95. The van der Waals surface area contributed by atoms with Gasteiger partial charge in [0.25, 0.3) is 0 Å². The molecule has 0 amide bonds.